The highest BCUT2D eigenvalue weighted by Crippen LogP contribution is 2.16. The Morgan fingerprint density at radius 2 is 2.28 bits per heavy atom. The van der Waals surface area contributed by atoms with Crippen LogP contribution in [-0.4, -0.2) is 29.8 Å². The standard InChI is InChI=1S/C13H15FN2O2/c1-9-4-5-10(14)7-11(9)15-12(17)8-16-6-2-3-13(16)18/h4-5,7H,2-3,6,8H2,1H3,(H,15,17). The molecule has 1 aromatic rings. The summed E-state index contributed by atoms with van der Waals surface area (Å²) in [7, 11) is 0. The molecule has 1 aliphatic rings. The van der Waals surface area contributed by atoms with Crippen molar-refractivity contribution in [2.24, 2.45) is 0 Å². The second-order valence-corrected chi connectivity index (χ2v) is 4.43. The monoisotopic (exact) mass is 250 g/mol. The lowest BCUT2D eigenvalue weighted by molar-refractivity contribution is -0.131. The van der Waals surface area contributed by atoms with Crippen LogP contribution in [-0.2, 0) is 9.59 Å². The smallest absolute Gasteiger partial charge is 0.244 e. The lowest BCUT2D eigenvalue weighted by atomic mass is 10.2. The molecule has 0 aromatic heterocycles. The first-order valence-corrected chi connectivity index (χ1v) is 5.90. The summed E-state index contributed by atoms with van der Waals surface area (Å²) in [5.74, 6) is -0.687. The van der Waals surface area contributed by atoms with E-state index in [2.05, 4.69) is 5.32 Å². The molecule has 1 N–H and O–H groups in total. The number of anilines is 1. The molecule has 18 heavy (non-hydrogen) atoms. The maximum atomic E-state index is 13.0. The summed E-state index contributed by atoms with van der Waals surface area (Å²) in [5, 5.41) is 2.63. The maximum Gasteiger partial charge on any atom is 0.244 e. The first-order chi connectivity index (χ1) is 8.56. The van der Waals surface area contributed by atoms with Gasteiger partial charge in [0, 0.05) is 18.7 Å². The lowest BCUT2D eigenvalue weighted by Crippen LogP contribution is -2.34. The second kappa shape index (κ2) is 5.16. The summed E-state index contributed by atoms with van der Waals surface area (Å²) in [6.07, 6.45) is 1.30. The molecule has 0 radical (unpaired) electrons. The summed E-state index contributed by atoms with van der Waals surface area (Å²) < 4.78 is 13.0. The van der Waals surface area contributed by atoms with Crippen LogP contribution in [0.15, 0.2) is 18.2 Å². The fourth-order valence-corrected chi connectivity index (χ4v) is 1.96. The van der Waals surface area contributed by atoms with E-state index in [1.54, 1.807) is 13.0 Å². The molecule has 1 aliphatic heterocycles. The van der Waals surface area contributed by atoms with Crippen molar-refractivity contribution in [1.29, 1.82) is 0 Å². The number of carbonyl (C=O) groups excluding carboxylic acids is 2. The van der Waals surface area contributed by atoms with Gasteiger partial charge in [0.25, 0.3) is 0 Å². The highest BCUT2D eigenvalue weighted by atomic mass is 19.1. The Morgan fingerprint density at radius 1 is 1.50 bits per heavy atom. The number of carbonyl (C=O) groups is 2. The minimum Gasteiger partial charge on any atom is -0.333 e. The van der Waals surface area contributed by atoms with E-state index in [-0.39, 0.29) is 18.4 Å². The topological polar surface area (TPSA) is 49.4 Å². The number of hydrogen-bond donors (Lipinski definition) is 1. The third-order valence-corrected chi connectivity index (χ3v) is 2.98. The normalized spacial score (nSPS) is 15.0. The molecule has 1 fully saturated rings. The first-order valence-electron chi connectivity index (χ1n) is 5.90. The van der Waals surface area contributed by atoms with Gasteiger partial charge in [0.2, 0.25) is 11.8 Å². The van der Waals surface area contributed by atoms with Gasteiger partial charge in [0.1, 0.15) is 5.82 Å². The first kappa shape index (κ1) is 12.5. The van der Waals surface area contributed by atoms with Crippen LogP contribution in [0.2, 0.25) is 0 Å². The number of hydrogen-bond acceptors (Lipinski definition) is 2. The van der Waals surface area contributed by atoms with Gasteiger partial charge < -0.3 is 10.2 Å². The predicted octanol–water partition coefficient (Wildman–Crippen LogP) is 1.70. The number of amides is 2. The fraction of sp³-hybridized carbons (Fsp3) is 0.385. The SMILES string of the molecule is Cc1ccc(F)cc1NC(=O)CN1CCCC1=O. The molecule has 96 valence electrons. The summed E-state index contributed by atoms with van der Waals surface area (Å²) in [6, 6.07) is 4.22. The van der Waals surface area contributed by atoms with Gasteiger partial charge in [-0.05, 0) is 31.0 Å². The van der Waals surface area contributed by atoms with Crippen LogP contribution in [0.1, 0.15) is 18.4 Å². The number of aryl methyl sites for hydroxylation is 1. The van der Waals surface area contributed by atoms with Crippen LogP contribution in [0.25, 0.3) is 0 Å². The second-order valence-electron chi connectivity index (χ2n) is 4.43. The molecule has 2 amide bonds. The third-order valence-electron chi connectivity index (χ3n) is 2.98. The highest BCUT2D eigenvalue weighted by Gasteiger charge is 2.22. The average Bonchev–Trinajstić information content (AvgIpc) is 2.70. The van der Waals surface area contributed by atoms with Gasteiger partial charge in [0.15, 0.2) is 0 Å². The van der Waals surface area contributed by atoms with Gasteiger partial charge in [-0.3, -0.25) is 9.59 Å². The molecule has 0 saturated carbocycles. The molecule has 0 spiro atoms. The molecule has 1 saturated heterocycles. The number of halogens is 1. The number of nitrogens with zero attached hydrogens (tertiary/aromatic N) is 1. The van der Waals surface area contributed by atoms with Gasteiger partial charge in [-0.15, -0.1) is 0 Å². The van der Waals surface area contributed by atoms with Gasteiger partial charge in [-0.25, -0.2) is 4.39 Å². The van der Waals surface area contributed by atoms with E-state index >= 15 is 0 Å². The Kier molecular flexibility index (Phi) is 3.60. The molecule has 0 aliphatic carbocycles. The minimum atomic E-state index is -0.395. The maximum absolute atomic E-state index is 13.0. The molecular formula is C13H15FN2O2. The summed E-state index contributed by atoms with van der Waals surface area (Å²) >= 11 is 0. The van der Waals surface area contributed by atoms with Crippen LogP contribution < -0.4 is 5.32 Å². The van der Waals surface area contributed by atoms with Crippen LogP contribution in [0.5, 0.6) is 0 Å². The molecule has 1 heterocycles. The van der Waals surface area contributed by atoms with E-state index in [0.29, 0.717) is 18.7 Å². The van der Waals surface area contributed by atoms with Crippen LogP contribution in [0, 0.1) is 12.7 Å². The van der Waals surface area contributed by atoms with Gasteiger partial charge in [-0.2, -0.15) is 0 Å². The summed E-state index contributed by atoms with van der Waals surface area (Å²) in [4.78, 5) is 24.6. The molecule has 2 rings (SSSR count). The molecule has 0 atom stereocenters. The van der Waals surface area contributed by atoms with E-state index < -0.39 is 5.82 Å². The van der Waals surface area contributed by atoms with E-state index in [1.807, 2.05) is 0 Å². The molecule has 0 bridgehead atoms. The third kappa shape index (κ3) is 2.85. The average molecular weight is 250 g/mol. The quantitative estimate of drug-likeness (QED) is 0.887. The van der Waals surface area contributed by atoms with Gasteiger partial charge in [0.05, 0.1) is 6.54 Å². The van der Waals surface area contributed by atoms with Crippen LogP contribution in [0.3, 0.4) is 0 Å². The van der Waals surface area contributed by atoms with E-state index in [1.165, 1.54) is 17.0 Å². The van der Waals surface area contributed by atoms with Crippen LogP contribution >= 0.6 is 0 Å². The Morgan fingerprint density at radius 3 is 2.94 bits per heavy atom. The van der Waals surface area contributed by atoms with Crippen molar-refractivity contribution in [3.63, 3.8) is 0 Å². The van der Waals surface area contributed by atoms with Crippen molar-refractivity contribution in [2.45, 2.75) is 19.8 Å². The summed E-state index contributed by atoms with van der Waals surface area (Å²) in [6.45, 7) is 2.44. The van der Waals surface area contributed by atoms with Crippen molar-refractivity contribution in [2.75, 3.05) is 18.4 Å². The highest BCUT2D eigenvalue weighted by molar-refractivity contribution is 5.95. The number of nitrogens with one attached hydrogen (secondary N) is 1. The van der Waals surface area contributed by atoms with Gasteiger partial charge in [-0.1, -0.05) is 6.07 Å². The molecule has 4 nitrogen and oxygen atoms in total. The summed E-state index contributed by atoms with van der Waals surface area (Å²) in [5.41, 5.74) is 1.24. The van der Waals surface area contributed by atoms with Crippen molar-refractivity contribution < 1.29 is 14.0 Å². The van der Waals surface area contributed by atoms with Crippen molar-refractivity contribution in [3.8, 4) is 0 Å². The van der Waals surface area contributed by atoms with Crippen molar-refractivity contribution in [3.05, 3.63) is 29.6 Å². The Bertz CT molecular complexity index is 488. The predicted molar refractivity (Wildman–Crippen MR) is 65.6 cm³/mol. The van der Waals surface area contributed by atoms with E-state index in [4.69, 9.17) is 0 Å². The number of benzene rings is 1. The Hall–Kier alpha value is -1.91. The molecular weight excluding hydrogens is 235 g/mol. The largest absolute Gasteiger partial charge is 0.333 e. The Balaban J connectivity index is 1.98. The van der Waals surface area contributed by atoms with E-state index in [0.717, 1.165) is 12.0 Å². The van der Waals surface area contributed by atoms with E-state index in [9.17, 15) is 14.0 Å². The zero-order valence-corrected chi connectivity index (χ0v) is 10.2. The van der Waals surface area contributed by atoms with Crippen molar-refractivity contribution in [1.82, 2.24) is 4.90 Å². The molecule has 1 aromatic carbocycles. The molecule has 5 heteroatoms. The zero-order valence-electron chi connectivity index (χ0n) is 10.2. The Labute approximate surface area is 105 Å². The zero-order chi connectivity index (χ0) is 13.1. The van der Waals surface area contributed by atoms with Gasteiger partial charge >= 0.3 is 0 Å². The minimum absolute atomic E-state index is 0.00103. The van der Waals surface area contributed by atoms with Crippen LogP contribution in [0.4, 0.5) is 10.1 Å². The lowest BCUT2D eigenvalue weighted by Gasteiger charge is -2.15. The number of likely N-dealkylation sites (tertiary alicyclic amines) is 1. The fourth-order valence-electron chi connectivity index (χ4n) is 1.96. The number of rotatable bonds is 3. The van der Waals surface area contributed by atoms with Crippen molar-refractivity contribution >= 4 is 17.5 Å². The molecule has 0 unspecified atom stereocenters.